The highest BCUT2D eigenvalue weighted by molar-refractivity contribution is 5.55. The van der Waals surface area contributed by atoms with E-state index in [4.69, 9.17) is 0 Å². The minimum atomic E-state index is 0.121. The third-order valence-corrected chi connectivity index (χ3v) is 4.05. The average Bonchev–Trinajstić information content (AvgIpc) is 2.36. The van der Waals surface area contributed by atoms with Crippen molar-refractivity contribution in [3.8, 4) is 0 Å². The number of piperazine rings is 1. The number of pyridine rings is 1. The number of rotatable bonds is 3. The lowest BCUT2D eigenvalue weighted by atomic mass is 10.1. The highest BCUT2D eigenvalue weighted by Gasteiger charge is 2.24. The Kier molecular flexibility index (Phi) is 4.89. The first-order chi connectivity index (χ1) is 9.76. The van der Waals surface area contributed by atoms with Gasteiger partial charge in [-0.15, -0.1) is 0 Å². The van der Waals surface area contributed by atoms with Crippen LogP contribution in [-0.2, 0) is 6.54 Å². The number of anilines is 1. The molecular weight excluding hydrogens is 260 g/mol. The van der Waals surface area contributed by atoms with Crippen molar-refractivity contribution in [2.75, 3.05) is 31.6 Å². The van der Waals surface area contributed by atoms with Crippen molar-refractivity contribution in [2.45, 2.75) is 52.7 Å². The molecular formula is C17H30N4. The maximum Gasteiger partial charge on any atom is 0.0448 e. The summed E-state index contributed by atoms with van der Waals surface area (Å²) < 4.78 is 0. The summed E-state index contributed by atoms with van der Waals surface area (Å²) in [5, 5.41) is 3.58. The Balaban J connectivity index is 2.22. The number of likely N-dealkylation sites (N-methyl/N-ethyl adjacent to an activating group) is 1. The van der Waals surface area contributed by atoms with Gasteiger partial charge in [-0.1, -0.05) is 0 Å². The zero-order chi connectivity index (χ0) is 15.6. The Hall–Kier alpha value is -1.13. The summed E-state index contributed by atoms with van der Waals surface area (Å²) in [6.07, 6.45) is 2.04. The Labute approximate surface area is 129 Å². The molecule has 118 valence electrons. The molecule has 0 spiro atoms. The van der Waals surface area contributed by atoms with Crippen LogP contribution in [0.1, 0.15) is 39.0 Å². The molecule has 0 aromatic carbocycles. The van der Waals surface area contributed by atoms with Gasteiger partial charge in [0.15, 0.2) is 0 Å². The van der Waals surface area contributed by atoms with Crippen LogP contribution < -0.4 is 10.2 Å². The van der Waals surface area contributed by atoms with Crippen molar-refractivity contribution in [2.24, 2.45) is 0 Å². The molecule has 0 bridgehead atoms. The Bertz CT molecular complexity index is 478. The van der Waals surface area contributed by atoms with Crippen LogP contribution in [0.4, 0.5) is 5.69 Å². The van der Waals surface area contributed by atoms with Crippen molar-refractivity contribution in [1.82, 2.24) is 15.2 Å². The van der Waals surface area contributed by atoms with E-state index in [-0.39, 0.29) is 5.54 Å². The number of aromatic nitrogens is 1. The average molecular weight is 290 g/mol. The Morgan fingerprint density at radius 3 is 2.67 bits per heavy atom. The summed E-state index contributed by atoms with van der Waals surface area (Å²) in [6.45, 7) is 15.2. The molecule has 0 amide bonds. The number of nitrogens with zero attached hydrogens (tertiary/aromatic N) is 3. The molecule has 1 fully saturated rings. The minimum Gasteiger partial charge on any atom is -0.366 e. The maximum atomic E-state index is 4.50. The lowest BCUT2D eigenvalue weighted by Gasteiger charge is -2.41. The number of hydrogen-bond donors (Lipinski definition) is 1. The van der Waals surface area contributed by atoms with E-state index in [1.54, 1.807) is 0 Å². The molecule has 1 atom stereocenters. The highest BCUT2D eigenvalue weighted by Crippen LogP contribution is 2.25. The topological polar surface area (TPSA) is 31.4 Å². The SMILES string of the molecule is Cc1cc(N2CCN(C)CC2C)c(CNC(C)(C)C)cn1. The molecule has 0 radical (unpaired) electrons. The third kappa shape index (κ3) is 4.42. The van der Waals surface area contributed by atoms with Crippen LogP contribution in [0.15, 0.2) is 12.3 Å². The predicted octanol–water partition coefficient (Wildman–Crippen LogP) is 2.42. The van der Waals surface area contributed by atoms with Gasteiger partial charge in [0.05, 0.1) is 0 Å². The van der Waals surface area contributed by atoms with Crippen molar-refractivity contribution in [1.29, 1.82) is 0 Å². The number of aryl methyl sites for hydroxylation is 1. The lowest BCUT2D eigenvalue weighted by molar-refractivity contribution is 0.275. The summed E-state index contributed by atoms with van der Waals surface area (Å²) >= 11 is 0. The molecule has 21 heavy (non-hydrogen) atoms. The maximum absolute atomic E-state index is 4.50. The molecule has 1 aliphatic heterocycles. The molecule has 0 aliphatic carbocycles. The van der Waals surface area contributed by atoms with Crippen LogP contribution in [0.2, 0.25) is 0 Å². The van der Waals surface area contributed by atoms with E-state index in [0.29, 0.717) is 6.04 Å². The fourth-order valence-corrected chi connectivity index (χ4v) is 2.84. The second-order valence-electron chi connectivity index (χ2n) is 7.36. The minimum absolute atomic E-state index is 0.121. The molecule has 1 saturated heterocycles. The monoisotopic (exact) mass is 290 g/mol. The molecule has 2 rings (SSSR count). The number of nitrogens with one attached hydrogen (secondary N) is 1. The predicted molar refractivity (Wildman–Crippen MR) is 89.9 cm³/mol. The molecule has 0 saturated carbocycles. The van der Waals surface area contributed by atoms with Crippen LogP contribution >= 0.6 is 0 Å². The normalized spacial score (nSPS) is 20.9. The van der Waals surface area contributed by atoms with Gasteiger partial charge in [0.1, 0.15) is 0 Å². The van der Waals surface area contributed by atoms with Gasteiger partial charge in [-0.3, -0.25) is 4.98 Å². The van der Waals surface area contributed by atoms with Crippen molar-refractivity contribution in [3.05, 3.63) is 23.5 Å². The van der Waals surface area contributed by atoms with E-state index in [2.05, 4.69) is 67.8 Å². The van der Waals surface area contributed by atoms with E-state index < -0.39 is 0 Å². The Morgan fingerprint density at radius 1 is 1.33 bits per heavy atom. The van der Waals surface area contributed by atoms with Gasteiger partial charge in [-0.2, -0.15) is 0 Å². The van der Waals surface area contributed by atoms with Crippen molar-refractivity contribution >= 4 is 5.69 Å². The molecule has 1 aromatic heterocycles. The largest absolute Gasteiger partial charge is 0.366 e. The smallest absolute Gasteiger partial charge is 0.0448 e. The fraction of sp³-hybridized carbons (Fsp3) is 0.706. The van der Waals surface area contributed by atoms with E-state index >= 15 is 0 Å². The number of hydrogen-bond acceptors (Lipinski definition) is 4. The zero-order valence-electron chi connectivity index (χ0n) is 14.4. The summed E-state index contributed by atoms with van der Waals surface area (Å²) in [5.74, 6) is 0. The molecule has 1 unspecified atom stereocenters. The van der Waals surface area contributed by atoms with E-state index in [0.717, 1.165) is 31.9 Å². The van der Waals surface area contributed by atoms with Gasteiger partial charge in [0.25, 0.3) is 0 Å². The molecule has 4 heteroatoms. The van der Waals surface area contributed by atoms with E-state index in [1.165, 1.54) is 11.3 Å². The van der Waals surface area contributed by atoms with Crippen LogP contribution in [-0.4, -0.2) is 48.1 Å². The standard InChI is InChI=1S/C17H30N4/c1-13-9-16(21-8-7-20(6)12-14(21)2)15(10-18-13)11-19-17(3,4)5/h9-10,14,19H,7-8,11-12H2,1-6H3. The molecule has 2 heterocycles. The Morgan fingerprint density at radius 2 is 2.05 bits per heavy atom. The molecule has 1 aromatic rings. The highest BCUT2D eigenvalue weighted by atomic mass is 15.3. The van der Waals surface area contributed by atoms with Gasteiger partial charge in [0, 0.05) is 60.9 Å². The van der Waals surface area contributed by atoms with Gasteiger partial charge in [0.2, 0.25) is 0 Å². The van der Waals surface area contributed by atoms with Crippen LogP contribution in [0.25, 0.3) is 0 Å². The first kappa shape index (κ1) is 16.2. The molecule has 4 nitrogen and oxygen atoms in total. The zero-order valence-corrected chi connectivity index (χ0v) is 14.4. The van der Waals surface area contributed by atoms with Crippen LogP contribution in [0.3, 0.4) is 0 Å². The summed E-state index contributed by atoms with van der Waals surface area (Å²) in [4.78, 5) is 9.44. The lowest BCUT2D eigenvalue weighted by Crippen LogP contribution is -2.51. The van der Waals surface area contributed by atoms with Gasteiger partial charge in [-0.25, -0.2) is 0 Å². The van der Waals surface area contributed by atoms with E-state index in [9.17, 15) is 0 Å². The summed E-state index contributed by atoms with van der Waals surface area (Å²) in [5.41, 5.74) is 3.86. The van der Waals surface area contributed by atoms with E-state index in [1.807, 2.05) is 6.20 Å². The summed E-state index contributed by atoms with van der Waals surface area (Å²) in [6, 6.07) is 2.78. The molecule has 1 N–H and O–H groups in total. The van der Waals surface area contributed by atoms with Crippen molar-refractivity contribution in [3.63, 3.8) is 0 Å². The van der Waals surface area contributed by atoms with Gasteiger partial charge < -0.3 is 15.1 Å². The quantitative estimate of drug-likeness (QED) is 0.926. The van der Waals surface area contributed by atoms with Gasteiger partial charge >= 0.3 is 0 Å². The van der Waals surface area contributed by atoms with Crippen LogP contribution in [0.5, 0.6) is 0 Å². The fourth-order valence-electron chi connectivity index (χ4n) is 2.84. The van der Waals surface area contributed by atoms with Gasteiger partial charge in [-0.05, 0) is 47.7 Å². The van der Waals surface area contributed by atoms with Crippen molar-refractivity contribution < 1.29 is 0 Å². The summed E-state index contributed by atoms with van der Waals surface area (Å²) in [7, 11) is 2.20. The first-order valence-electron chi connectivity index (χ1n) is 7.92. The second-order valence-corrected chi connectivity index (χ2v) is 7.36. The van der Waals surface area contributed by atoms with Crippen LogP contribution in [0, 0.1) is 6.92 Å². The first-order valence-corrected chi connectivity index (χ1v) is 7.92. The molecule has 1 aliphatic rings. The third-order valence-electron chi connectivity index (χ3n) is 4.05. The second kappa shape index (κ2) is 6.32.